The molecule has 0 aliphatic rings. The number of nitro benzene ring substituents is 1. The van der Waals surface area contributed by atoms with Crippen LogP contribution in [0.1, 0.15) is 45.0 Å². The maximum atomic E-state index is 11.2. The van der Waals surface area contributed by atoms with E-state index >= 15 is 0 Å². The van der Waals surface area contributed by atoms with Crippen LogP contribution in [0.2, 0.25) is 5.02 Å². The number of hydrogen-bond donors (Lipinski definition) is 0. The van der Waals surface area contributed by atoms with Gasteiger partial charge in [0.15, 0.2) is 0 Å². The molecule has 0 aromatic heterocycles. The van der Waals surface area contributed by atoms with Crippen LogP contribution >= 0.6 is 11.6 Å². The first-order valence-corrected chi connectivity index (χ1v) is 6.55. The molecule has 0 bridgehead atoms. The minimum atomic E-state index is -0.648. The van der Waals surface area contributed by atoms with Crippen molar-refractivity contribution in [1.29, 1.82) is 0 Å². The fraction of sp³-hybridized carbons (Fsp3) is 0.462. The molecule has 0 heterocycles. The van der Waals surface area contributed by atoms with Crippen molar-refractivity contribution in [3.8, 4) is 0 Å². The maximum absolute atomic E-state index is 11.2. The predicted octanol–water partition coefficient (Wildman–Crippen LogP) is 4.48. The van der Waals surface area contributed by atoms with Crippen molar-refractivity contribution in [3.63, 3.8) is 0 Å². The average molecular weight is 290 g/mol. The highest BCUT2D eigenvalue weighted by Crippen LogP contribution is 2.25. The van der Waals surface area contributed by atoms with E-state index < -0.39 is 10.9 Å². The van der Waals surface area contributed by atoms with Crippen LogP contribution in [0.25, 0.3) is 0 Å². The Labute approximate surface area is 118 Å². The van der Waals surface area contributed by atoms with Crippen molar-refractivity contribution >= 4 is 23.3 Å². The molecule has 1 aromatic rings. The van der Waals surface area contributed by atoms with Crippen molar-refractivity contribution in [2.75, 3.05) is 6.61 Å². The molecule has 0 radical (unpaired) electrons. The van der Waals surface area contributed by atoms with Crippen LogP contribution in [0.15, 0.2) is 18.2 Å². The summed E-state index contributed by atoms with van der Waals surface area (Å²) in [4.78, 5) is 21.1. The second-order valence-electron chi connectivity index (χ2n) is 2.64. The summed E-state index contributed by atoms with van der Waals surface area (Å²) >= 11 is 5.58. The molecule has 0 fully saturated rings. The molecule has 108 valence electrons. The summed E-state index contributed by atoms with van der Waals surface area (Å²) in [5.74, 6) is -0.600. The van der Waals surface area contributed by atoms with Gasteiger partial charge in [0.2, 0.25) is 0 Å². The number of nitro groups is 1. The largest absolute Gasteiger partial charge is 0.462 e. The average Bonchev–Trinajstić information content (AvgIpc) is 2.43. The third-order valence-corrected chi connectivity index (χ3v) is 1.97. The fourth-order valence-corrected chi connectivity index (χ4v) is 1.18. The molecule has 5 nitrogen and oxygen atoms in total. The van der Waals surface area contributed by atoms with Crippen LogP contribution in [0.5, 0.6) is 0 Å². The number of esters is 1. The molecule has 0 saturated carbocycles. The van der Waals surface area contributed by atoms with Crippen molar-refractivity contribution in [2.24, 2.45) is 0 Å². The molecular formula is C13H20ClNO4. The molecule has 0 saturated heterocycles. The first-order chi connectivity index (χ1) is 9.06. The van der Waals surface area contributed by atoms with Gasteiger partial charge in [0.05, 0.1) is 17.1 Å². The van der Waals surface area contributed by atoms with E-state index in [4.69, 9.17) is 16.3 Å². The van der Waals surface area contributed by atoms with Crippen LogP contribution < -0.4 is 0 Å². The van der Waals surface area contributed by atoms with Crippen LogP contribution in [0, 0.1) is 10.1 Å². The lowest BCUT2D eigenvalue weighted by Gasteiger charge is -2.01. The molecule has 19 heavy (non-hydrogen) atoms. The summed E-state index contributed by atoms with van der Waals surface area (Å²) in [6.45, 7) is 9.87. The summed E-state index contributed by atoms with van der Waals surface area (Å²) in [6, 6.07) is 3.78. The number of ether oxygens (including phenoxy) is 1. The van der Waals surface area contributed by atoms with Gasteiger partial charge in [0.25, 0.3) is 5.69 Å². The summed E-state index contributed by atoms with van der Waals surface area (Å²) in [5.41, 5.74) is -0.185. The highest BCUT2D eigenvalue weighted by Gasteiger charge is 2.16. The third kappa shape index (κ3) is 6.76. The Morgan fingerprint density at radius 3 is 2.26 bits per heavy atom. The van der Waals surface area contributed by atoms with Crippen LogP contribution in [-0.2, 0) is 4.74 Å². The molecule has 0 aliphatic heterocycles. The Hall–Kier alpha value is -1.62. The highest BCUT2D eigenvalue weighted by atomic mass is 35.5. The van der Waals surface area contributed by atoms with E-state index in [1.807, 2.05) is 27.7 Å². The van der Waals surface area contributed by atoms with Crippen molar-refractivity contribution in [1.82, 2.24) is 0 Å². The Kier molecular flexibility index (Phi) is 11.9. The van der Waals surface area contributed by atoms with Crippen molar-refractivity contribution < 1.29 is 14.5 Å². The monoisotopic (exact) mass is 289 g/mol. The van der Waals surface area contributed by atoms with Gasteiger partial charge in [-0.3, -0.25) is 10.1 Å². The van der Waals surface area contributed by atoms with Gasteiger partial charge in [0, 0.05) is 6.07 Å². The lowest BCUT2D eigenvalue weighted by Crippen LogP contribution is -2.05. The SMILES string of the molecule is CC.CC.CCOC(=O)c1ccc(Cl)c([N+](=O)[O-])c1. The molecular weight excluding hydrogens is 270 g/mol. The zero-order chi connectivity index (χ0) is 15.4. The summed E-state index contributed by atoms with van der Waals surface area (Å²) < 4.78 is 4.70. The molecule has 0 amide bonds. The lowest BCUT2D eigenvalue weighted by molar-refractivity contribution is -0.384. The number of benzene rings is 1. The van der Waals surface area contributed by atoms with E-state index in [0.29, 0.717) is 0 Å². The predicted molar refractivity (Wildman–Crippen MR) is 76.8 cm³/mol. The molecule has 0 N–H and O–H groups in total. The topological polar surface area (TPSA) is 69.4 Å². The second kappa shape index (κ2) is 11.5. The normalized spacial score (nSPS) is 8.32. The summed E-state index contributed by atoms with van der Waals surface area (Å²) in [7, 11) is 0. The van der Waals surface area contributed by atoms with Gasteiger partial charge >= 0.3 is 5.97 Å². The second-order valence-corrected chi connectivity index (χ2v) is 3.05. The smallest absolute Gasteiger partial charge is 0.338 e. The van der Waals surface area contributed by atoms with E-state index in [9.17, 15) is 14.9 Å². The van der Waals surface area contributed by atoms with Gasteiger partial charge in [-0.1, -0.05) is 39.3 Å². The third-order valence-electron chi connectivity index (χ3n) is 1.65. The Morgan fingerprint density at radius 1 is 1.32 bits per heavy atom. The molecule has 0 atom stereocenters. The quantitative estimate of drug-likeness (QED) is 0.467. The van der Waals surface area contributed by atoms with E-state index in [0.717, 1.165) is 6.07 Å². The van der Waals surface area contributed by atoms with E-state index in [1.54, 1.807) is 6.92 Å². The standard InChI is InChI=1S/C9H8ClNO4.2C2H6/c1-2-15-9(12)6-3-4-7(10)8(5-6)11(13)14;2*1-2/h3-5H,2H2,1H3;2*1-2H3. The summed E-state index contributed by atoms with van der Waals surface area (Å²) in [5, 5.41) is 10.5. The molecule has 0 aliphatic carbocycles. The van der Waals surface area contributed by atoms with Crippen molar-refractivity contribution in [3.05, 3.63) is 38.9 Å². The fourth-order valence-electron chi connectivity index (χ4n) is 0.994. The number of carbonyl (C=O) groups excluding carboxylic acids is 1. The number of halogens is 1. The molecule has 0 spiro atoms. The lowest BCUT2D eigenvalue weighted by atomic mass is 10.2. The van der Waals surface area contributed by atoms with Crippen LogP contribution in [0.4, 0.5) is 5.69 Å². The minimum Gasteiger partial charge on any atom is -0.462 e. The van der Waals surface area contributed by atoms with Crippen molar-refractivity contribution in [2.45, 2.75) is 34.6 Å². The van der Waals surface area contributed by atoms with Gasteiger partial charge in [-0.15, -0.1) is 0 Å². The molecule has 0 unspecified atom stereocenters. The van der Waals surface area contributed by atoms with Gasteiger partial charge < -0.3 is 4.74 Å². The van der Waals surface area contributed by atoms with Gasteiger partial charge in [-0.25, -0.2) is 4.79 Å². The molecule has 6 heteroatoms. The summed E-state index contributed by atoms with van der Waals surface area (Å²) in [6.07, 6.45) is 0. The maximum Gasteiger partial charge on any atom is 0.338 e. The van der Waals surface area contributed by atoms with E-state index in [-0.39, 0.29) is 22.9 Å². The Balaban J connectivity index is 0. The Bertz CT molecular complexity index is 408. The van der Waals surface area contributed by atoms with E-state index in [2.05, 4.69) is 0 Å². The van der Waals surface area contributed by atoms with Gasteiger partial charge in [-0.2, -0.15) is 0 Å². The molecule has 1 rings (SSSR count). The van der Waals surface area contributed by atoms with Gasteiger partial charge in [0.1, 0.15) is 5.02 Å². The van der Waals surface area contributed by atoms with E-state index in [1.165, 1.54) is 12.1 Å². The van der Waals surface area contributed by atoms with Crippen LogP contribution in [0.3, 0.4) is 0 Å². The number of hydrogen-bond acceptors (Lipinski definition) is 4. The first-order valence-electron chi connectivity index (χ1n) is 6.17. The number of nitrogens with zero attached hydrogens (tertiary/aromatic N) is 1. The van der Waals surface area contributed by atoms with Crippen LogP contribution in [-0.4, -0.2) is 17.5 Å². The Morgan fingerprint density at radius 2 is 1.84 bits per heavy atom. The van der Waals surface area contributed by atoms with Gasteiger partial charge in [-0.05, 0) is 19.1 Å². The number of carbonyl (C=O) groups is 1. The molecule has 1 aromatic carbocycles. The first kappa shape index (κ1) is 19.7. The highest BCUT2D eigenvalue weighted by molar-refractivity contribution is 6.32. The zero-order valence-corrected chi connectivity index (χ0v) is 12.7. The minimum absolute atomic E-state index is 0.00644. The zero-order valence-electron chi connectivity index (χ0n) is 11.9. The number of rotatable bonds is 3.